The Balaban J connectivity index is 1.13. The molecule has 2 aromatic carbocycles. The van der Waals surface area contributed by atoms with Crippen molar-refractivity contribution in [3.8, 4) is 11.4 Å². The monoisotopic (exact) mass is 473 g/mol. The third-order valence-corrected chi connectivity index (χ3v) is 6.52. The number of ether oxygens (including phenoxy) is 1. The Morgan fingerprint density at radius 1 is 0.971 bits per heavy atom. The minimum absolute atomic E-state index is 0.0393. The van der Waals surface area contributed by atoms with Crippen molar-refractivity contribution in [3.63, 3.8) is 0 Å². The molecular weight excluding hydrogens is 446 g/mol. The summed E-state index contributed by atoms with van der Waals surface area (Å²) in [5.74, 6) is 1.09. The molecule has 0 bridgehead atoms. The lowest BCUT2D eigenvalue weighted by Gasteiger charge is -2.35. The highest BCUT2D eigenvalue weighted by Gasteiger charge is 2.34. The molecule has 2 aliphatic heterocycles. The van der Waals surface area contributed by atoms with Crippen LogP contribution >= 0.6 is 0 Å². The number of piperazine rings is 1. The molecule has 180 valence electrons. The lowest BCUT2D eigenvalue weighted by atomic mass is 10.1. The van der Waals surface area contributed by atoms with E-state index in [0.29, 0.717) is 50.1 Å². The highest BCUT2D eigenvalue weighted by molar-refractivity contribution is 6.21. The molecule has 0 aliphatic carbocycles. The van der Waals surface area contributed by atoms with Gasteiger partial charge in [0.05, 0.1) is 23.9 Å². The number of anilines is 1. The summed E-state index contributed by atoms with van der Waals surface area (Å²) in [4.78, 5) is 47.6. The van der Waals surface area contributed by atoms with Gasteiger partial charge in [0, 0.05) is 57.6 Å². The molecule has 3 amide bonds. The second-order valence-corrected chi connectivity index (χ2v) is 8.58. The van der Waals surface area contributed by atoms with Gasteiger partial charge >= 0.3 is 0 Å². The molecule has 2 aliphatic rings. The van der Waals surface area contributed by atoms with Gasteiger partial charge in [-0.2, -0.15) is 0 Å². The fourth-order valence-corrected chi connectivity index (χ4v) is 4.64. The fourth-order valence-electron chi connectivity index (χ4n) is 4.64. The topological polar surface area (TPSA) is 88.0 Å². The standard InChI is InChI=1S/C26H27N5O4/c1-35-20-7-4-6-19(18-20)30-13-11-27-26(30)29-16-14-28(15-17-29)23(32)10-5-12-31-24(33)21-8-2-3-9-22(21)25(31)34/h2-4,6-9,11,13,18H,5,10,12,14-17H2,1H3. The maximum atomic E-state index is 12.8. The quantitative estimate of drug-likeness (QED) is 0.490. The van der Waals surface area contributed by atoms with E-state index in [2.05, 4.69) is 9.88 Å². The summed E-state index contributed by atoms with van der Waals surface area (Å²) in [6.45, 7) is 2.78. The maximum absolute atomic E-state index is 12.8. The van der Waals surface area contributed by atoms with E-state index in [9.17, 15) is 14.4 Å². The van der Waals surface area contributed by atoms with Gasteiger partial charge < -0.3 is 14.5 Å². The number of imidazole rings is 1. The molecule has 5 rings (SSSR count). The van der Waals surface area contributed by atoms with Crippen molar-refractivity contribution in [2.75, 3.05) is 44.7 Å². The summed E-state index contributed by atoms with van der Waals surface area (Å²) < 4.78 is 7.36. The molecule has 0 N–H and O–H groups in total. The van der Waals surface area contributed by atoms with Gasteiger partial charge in [0.2, 0.25) is 11.9 Å². The normalized spacial score (nSPS) is 15.5. The van der Waals surface area contributed by atoms with E-state index in [1.165, 1.54) is 4.90 Å². The Morgan fingerprint density at radius 2 is 1.69 bits per heavy atom. The van der Waals surface area contributed by atoms with Crippen molar-refractivity contribution in [1.82, 2.24) is 19.4 Å². The molecule has 1 saturated heterocycles. The van der Waals surface area contributed by atoms with Gasteiger partial charge in [-0.05, 0) is 30.7 Å². The number of nitrogens with zero attached hydrogens (tertiary/aromatic N) is 5. The molecule has 1 aromatic heterocycles. The maximum Gasteiger partial charge on any atom is 0.261 e. The van der Waals surface area contributed by atoms with E-state index in [0.717, 1.165) is 17.4 Å². The summed E-state index contributed by atoms with van der Waals surface area (Å²) in [5.41, 5.74) is 1.84. The largest absolute Gasteiger partial charge is 0.497 e. The molecule has 9 nitrogen and oxygen atoms in total. The number of amides is 3. The zero-order valence-corrected chi connectivity index (χ0v) is 19.6. The molecule has 0 unspecified atom stereocenters. The van der Waals surface area contributed by atoms with E-state index >= 15 is 0 Å². The van der Waals surface area contributed by atoms with Gasteiger partial charge in [0.25, 0.3) is 11.8 Å². The first-order valence-electron chi connectivity index (χ1n) is 11.7. The van der Waals surface area contributed by atoms with Crippen LogP contribution in [0, 0.1) is 0 Å². The van der Waals surface area contributed by atoms with Crippen LogP contribution in [0.1, 0.15) is 33.6 Å². The lowest BCUT2D eigenvalue weighted by Crippen LogP contribution is -2.49. The number of fused-ring (bicyclic) bond motifs is 1. The van der Waals surface area contributed by atoms with Gasteiger partial charge in [-0.3, -0.25) is 23.9 Å². The van der Waals surface area contributed by atoms with E-state index in [4.69, 9.17) is 4.74 Å². The highest BCUT2D eigenvalue weighted by Crippen LogP contribution is 2.24. The van der Waals surface area contributed by atoms with E-state index < -0.39 is 0 Å². The molecular formula is C26H27N5O4. The summed E-state index contributed by atoms with van der Waals surface area (Å²) in [6, 6.07) is 14.6. The lowest BCUT2D eigenvalue weighted by molar-refractivity contribution is -0.131. The second-order valence-electron chi connectivity index (χ2n) is 8.58. The van der Waals surface area contributed by atoms with Gasteiger partial charge in [-0.25, -0.2) is 4.98 Å². The molecule has 1 fully saturated rings. The molecule has 3 heterocycles. The molecule has 0 saturated carbocycles. The van der Waals surface area contributed by atoms with Crippen LogP contribution in [0.25, 0.3) is 5.69 Å². The molecule has 0 atom stereocenters. The third kappa shape index (κ3) is 4.37. The first-order valence-corrected chi connectivity index (χ1v) is 11.7. The highest BCUT2D eigenvalue weighted by atomic mass is 16.5. The van der Waals surface area contributed by atoms with Gasteiger partial charge in [0.1, 0.15) is 5.75 Å². The SMILES string of the molecule is COc1cccc(-n2ccnc2N2CCN(C(=O)CCCN3C(=O)c4ccccc4C3=O)CC2)c1. The Labute approximate surface area is 203 Å². The molecule has 0 spiro atoms. The zero-order chi connectivity index (χ0) is 24.4. The number of carbonyl (C=O) groups is 3. The van der Waals surface area contributed by atoms with Crippen LogP contribution in [-0.4, -0.2) is 76.9 Å². The van der Waals surface area contributed by atoms with Crippen LogP contribution in [0.3, 0.4) is 0 Å². The van der Waals surface area contributed by atoms with Crippen molar-refractivity contribution in [2.24, 2.45) is 0 Å². The first kappa shape index (κ1) is 22.6. The van der Waals surface area contributed by atoms with Crippen molar-refractivity contribution in [3.05, 3.63) is 72.1 Å². The first-order chi connectivity index (χ1) is 17.1. The smallest absolute Gasteiger partial charge is 0.261 e. The number of benzene rings is 2. The van der Waals surface area contributed by atoms with Crippen molar-refractivity contribution in [2.45, 2.75) is 12.8 Å². The summed E-state index contributed by atoms with van der Waals surface area (Å²) in [5, 5.41) is 0. The fraction of sp³-hybridized carbons (Fsp3) is 0.308. The minimum atomic E-state index is -0.279. The molecule has 3 aromatic rings. The van der Waals surface area contributed by atoms with Crippen LogP contribution < -0.4 is 9.64 Å². The van der Waals surface area contributed by atoms with Crippen LogP contribution in [0.2, 0.25) is 0 Å². The van der Waals surface area contributed by atoms with Crippen LogP contribution in [-0.2, 0) is 4.79 Å². The Kier molecular flexibility index (Phi) is 6.22. The number of imide groups is 1. The van der Waals surface area contributed by atoms with Crippen LogP contribution in [0.4, 0.5) is 5.95 Å². The number of rotatable bonds is 7. The van der Waals surface area contributed by atoms with Gasteiger partial charge in [0.15, 0.2) is 0 Å². The number of methoxy groups -OCH3 is 1. The van der Waals surface area contributed by atoms with Crippen molar-refractivity contribution >= 4 is 23.7 Å². The zero-order valence-electron chi connectivity index (χ0n) is 19.6. The van der Waals surface area contributed by atoms with Gasteiger partial charge in [-0.15, -0.1) is 0 Å². The molecule has 0 radical (unpaired) electrons. The number of hydrogen-bond acceptors (Lipinski definition) is 6. The predicted octanol–water partition coefficient (Wildman–Crippen LogP) is 2.61. The van der Waals surface area contributed by atoms with E-state index in [-0.39, 0.29) is 24.3 Å². The second kappa shape index (κ2) is 9.61. The van der Waals surface area contributed by atoms with Crippen LogP contribution in [0.15, 0.2) is 60.9 Å². The number of carbonyl (C=O) groups excluding carboxylic acids is 3. The molecule has 9 heteroatoms. The number of aromatic nitrogens is 2. The number of hydrogen-bond donors (Lipinski definition) is 0. The van der Waals surface area contributed by atoms with Crippen molar-refractivity contribution in [1.29, 1.82) is 0 Å². The Morgan fingerprint density at radius 3 is 2.37 bits per heavy atom. The minimum Gasteiger partial charge on any atom is -0.497 e. The summed E-state index contributed by atoms with van der Waals surface area (Å²) in [6.07, 6.45) is 4.43. The summed E-state index contributed by atoms with van der Waals surface area (Å²) >= 11 is 0. The Hall–Kier alpha value is -4.14. The van der Waals surface area contributed by atoms with Crippen molar-refractivity contribution < 1.29 is 19.1 Å². The average molecular weight is 474 g/mol. The van der Waals surface area contributed by atoms with Gasteiger partial charge in [-0.1, -0.05) is 18.2 Å². The Bertz CT molecular complexity index is 1230. The molecule has 35 heavy (non-hydrogen) atoms. The van der Waals surface area contributed by atoms with Crippen LogP contribution in [0.5, 0.6) is 5.75 Å². The summed E-state index contributed by atoms with van der Waals surface area (Å²) in [7, 11) is 1.64. The average Bonchev–Trinajstić information content (AvgIpc) is 3.48. The van der Waals surface area contributed by atoms with E-state index in [1.807, 2.05) is 39.9 Å². The third-order valence-electron chi connectivity index (χ3n) is 6.52. The predicted molar refractivity (Wildman–Crippen MR) is 130 cm³/mol. The van der Waals surface area contributed by atoms with E-state index in [1.54, 1.807) is 37.6 Å².